The van der Waals surface area contributed by atoms with Crippen molar-refractivity contribution in [3.05, 3.63) is 40.8 Å². The number of aromatic nitrogens is 2. The number of benzene rings is 1. The summed E-state index contributed by atoms with van der Waals surface area (Å²) in [4.78, 5) is 19.2. The highest BCUT2D eigenvalue weighted by Gasteiger charge is 2.10. The first-order valence-corrected chi connectivity index (χ1v) is 6.02. The van der Waals surface area contributed by atoms with Crippen LogP contribution in [0.25, 0.3) is 0 Å². The zero-order valence-electron chi connectivity index (χ0n) is 9.96. The Kier molecular flexibility index (Phi) is 3.96. The van der Waals surface area contributed by atoms with Crippen LogP contribution >= 0.6 is 15.9 Å². The molecule has 0 aliphatic rings. The van der Waals surface area contributed by atoms with Crippen LogP contribution < -0.4 is 10.5 Å². The van der Waals surface area contributed by atoms with E-state index in [9.17, 15) is 4.79 Å². The van der Waals surface area contributed by atoms with Crippen molar-refractivity contribution in [2.75, 3.05) is 12.8 Å². The molecule has 0 fully saturated rings. The second-order valence-corrected chi connectivity index (χ2v) is 4.47. The minimum Gasteiger partial charge on any atom is -0.464 e. The van der Waals surface area contributed by atoms with Crippen molar-refractivity contribution in [3.8, 4) is 11.6 Å². The first-order chi connectivity index (χ1) is 9.08. The second-order valence-electron chi connectivity index (χ2n) is 3.56. The standard InChI is InChI=1S/C12H10BrN3O3/c1-18-12(17)10-5-15-6-11(16-10)19-9-3-7(13)2-8(14)4-9/h2-6H,14H2,1H3. The molecular formula is C12H10BrN3O3. The Labute approximate surface area is 117 Å². The molecule has 98 valence electrons. The van der Waals surface area contributed by atoms with Gasteiger partial charge in [0.1, 0.15) is 5.75 Å². The van der Waals surface area contributed by atoms with E-state index in [1.54, 1.807) is 18.2 Å². The Morgan fingerprint density at radius 2 is 2.11 bits per heavy atom. The lowest BCUT2D eigenvalue weighted by Gasteiger charge is -2.06. The Morgan fingerprint density at radius 1 is 1.32 bits per heavy atom. The summed E-state index contributed by atoms with van der Waals surface area (Å²) < 4.78 is 10.8. The molecule has 0 amide bonds. The van der Waals surface area contributed by atoms with Crippen LogP contribution in [0.5, 0.6) is 11.6 Å². The summed E-state index contributed by atoms with van der Waals surface area (Å²) in [6.07, 6.45) is 2.69. The van der Waals surface area contributed by atoms with E-state index in [0.29, 0.717) is 11.4 Å². The number of halogens is 1. The first-order valence-electron chi connectivity index (χ1n) is 5.23. The molecule has 1 aromatic heterocycles. The number of esters is 1. The number of carbonyl (C=O) groups excluding carboxylic acids is 1. The Balaban J connectivity index is 2.25. The van der Waals surface area contributed by atoms with Gasteiger partial charge in [-0.3, -0.25) is 4.98 Å². The quantitative estimate of drug-likeness (QED) is 0.689. The molecule has 0 radical (unpaired) electrons. The maximum absolute atomic E-state index is 11.3. The SMILES string of the molecule is COC(=O)c1cncc(Oc2cc(N)cc(Br)c2)n1. The number of hydrogen-bond acceptors (Lipinski definition) is 6. The number of rotatable bonds is 3. The van der Waals surface area contributed by atoms with E-state index >= 15 is 0 Å². The largest absolute Gasteiger partial charge is 0.464 e. The van der Waals surface area contributed by atoms with Crippen molar-refractivity contribution in [3.63, 3.8) is 0 Å². The normalized spacial score (nSPS) is 10.0. The van der Waals surface area contributed by atoms with Gasteiger partial charge in [-0.15, -0.1) is 0 Å². The smallest absolute Gasteiger partial charge is 0.358 e. The molecule has 1 aromatic carbocycles. The van der Waals surface area contributed by atoms with Gasteiger partial charge in [-0.2, -0.15) is 0 Å². The van der Waals surface area contributed by atoms with Crippen LogP contribution in [0.2, 0.25) is 0 Å². The van der Waals surface area contributed by atoms with Gasteiger partial charge < -0.3 is 15.2 Å². The average molecular weight is 324 g/mol. The predicted molar refractivity (Wildman–Crippen MR) is 72.0 cm³/mol. The molecule has 0 spiro atoms. The summed E-state index contributed by atoms with van der Waals surface area (Å²) in [6.45, 7) is 0. The molecule has 0 unspecified atom stereocenters. The summed E-state index contributed by atoms with van der Waals surface area (Å²) >= 11 is 3.31. The Hall–Kier alpha value is -2.15. The molecule has 2 N–H and O–H groups in total. The minimum absolute atomic E-state index is 0.0722. The summed E-state index contributed by atoms with van der Waals surface area (Å²) in [7, 11) is 1.27. The maximum Gasteiger partial charge on any atom is 0.358 e. The van der Waals surface area contributed by atoms with E-state index in [2.05, 4.69) is 30.6 Å². The maximum atomic E-state index is 11.3. The zero-order chi connectivity index (χ0) is 13.8. The third kappa shape index (κ3) is 3.41. The van der Waals surface area contributed by atoms with E-state index in [1.165, 1.54) is 19.5 Å². The van der Waals surface area contributed by atoms with Gasteiger partial charge in [-0.05, 0) is 12.1 Å². The molecule has 0 aliphatic carbocycles. The van der Waals surface area contributed by atoms with Crippen molar-refractivity contribution >= 4 is 27.6 Å². The highest BCUT2D eigenvalue weighted by molar-refractivity contribution is 9.10. The third-order valence-electron chi connectivity index (χ3n) is 2.12. The van der Waals surface area contributed by atoms with Gasteiger partial charge in [-0.1, -0.05) is 15.9 Å². The summed E-state index contributed by atoms with van der Waals surface area (Å²) in [6, 6.07) is 5.10. The number of anilines is 1. The van der Waals surface area contributed by atoms with Crippen molar-refractivity contribution in [1.29, 1.82) is 0 Å². The highest BCUT2D eigenvalue weighted by atomic mass is 79.9. The van der Waals surface area contributed by atoms with Crippen LogP contribution in [-0.2, 0) is 4.74 Å². The third-order valence-corrected chi connectivity index (χ3v) is 2.58. The summed E-state index contributed by atoms with van der Waals surface area (Å²) in [5.41, 5.74) is 6.31. The molecule has 2 aromatic rings. The molecule has 2 rings (SSSR count). The number of methoxy groups -OCH3 is 1. The van der Waals surface area contributed by atoms with Crippen LogP contribution in [-0.4, -0.2) is 23.0 Å². The minimum atomic E-state index is -0.577. The molecule has 0 saturated heterocycles. The molecule has 0 bridgehead atoms. The fourth-order valence-corrected chi connectivity index (χ4v) is 1.85. The van der Waals surface area contributed by atoms with Crippen molar-refractivity contribution in [2.45, 2.75) is 0 Å². The van der Waals surface area contributed by atoms with E-state index in [0.717, 1.165) is 4.47 Å². The molecule has 0 atom stereocenters. The Morgan fingerprint density at radius 3 is 2.79 bits per heavy atom. The van der Waals surface area contributed by atoms with Crippen molar-refractivity contribution in [2.24, 2.45) is 0 Å². The molecular weight excluding hydrogens is 314 g/mol. The van der Waals surface area contributed by atoms with Crippen LogP contribution in [0.4, 0.5) is 5.69 Å². The molecule has 7 heteroatoms. The molecule has 19 heavy (non-hydrogen) atoms. The van der Waals surface area contributed by atoms with Crippen LogP contribution in [0.15, 0.2) is 35.1 Å². The molecule has 0 saturated carbocycles. The first kappa shape index (κ1) is 13.3. The van der Waals surface area contributed by atoms with Crippen LogP contribution in [0, 0.1) is 0 Å². The second kappa shape index (κ2) is 5.66. The van der Waals surface area contributed by atoms with Gasteiger partial charge in [0, 0.05) is 16.2 Å². The molecule has 6 nitrogen and oxygen atoms in total. The lowest BCUT2D eigenvalue weighted by molar-refractivity contribution is 0.0592. The van der Waals surface area contributed by atoms with E-state index in [4.69, 9.17) is 10.5 Å². The van der Waals surface area contributed by atoms with E-state index in [1.807, 2.05) is 0 Å². The van der Waals surface area contributed by atoms with Crippen molar-refractivity contribution in [1.82, 2.24) is 9.97 Å². The monoisotopic (exact) mass is 323 g/mol. The summed E-state index contributed by atoms with van der Waals surface area (Å²) in [5, 5.41) is 0. The van der Waals surface area contributed by atoms with Crippen LogP contribution in [0.3, 0.4) is 0 Å². The van der Waals surface area contributed by atoms with Gasteiger partial charge in [0.2, 0.25) is 5.88 Å². The average Bonchev–Trinajstić information content (AvgIpc) is 2.37. The number of nitrogens with two attached hydrogens (primary N) is 1. The van der Waals surface area contributed by atoms with Gasteiger partial charge in [0.15, 0.2) is 5.69 Å². The number of hydrogen-bond donors (Lipinski definition) is 1. The van der Waals surface area contributed by atoms with Crippen LogP contribution in [0.1, 0.15) is 10.5 Å². The molecule has 0 aliphatic heterocycles. The number of nitrogen functional groups attached to an aromatic ring is 1. The zero-order valence-corrected chi connectivity index (χ0v) is 11.5. The Bertz CT molecular complexity index is 599. The van der Waals surface area contributed by atoms with E-state index < -0.39 is 5.97 Å². The van der Waals surface area contributed by atoms with Crippen molar-refractivity contribution < 1.29 is 14.3 Å². The number of nitrogens with zero attached hydrogens (tertiary/aromatic N) is 2. The number of carbonyl (C=O) groups is 1. The summed E-state index contributed by atoms with van der Waals surface area (Å²) in [5.74, 6) is 0.0929. The number of ether oxygens (including phenoxy) is 2. The lowest BCUT2D eigenvalue weighted by Crippen LogP contribution is -2.05. The van der Waals surface area contributed by atoms with Gasteiger partial charge in [0.05, 0.1) is 19.5 Å². The van der Waals surface area contributed by atoms with Gasteiger partial charge >= 0.3 is 5.97 Å². The molecule has 1 heterocycles. The lowest BCUT2D eigenvalue weighted by atomic mass is 10.3. The fourth-order valence-electron chi connectivity index (χ4n) is 1.36. The fraction of sp³-hybridized carbons (Fsp3) is 0.0833. The van der Waals surface area contributed by atoms with Gasteiger partial charge in [-0.25, -0.2) is 9.78 Å². The highest BCUT2D eigenvalue weighted by Crippen LogP contribution is 2.26. The predicted octanol–water partition coefficient (Wildman–Crippen LogP) is 2.40. The topological polar surface area (TPSA) is 87.3 Å². The van der Waals surface area contributed by atoms with E-state index in [-0.39, 0.29) is 11.6 Å². The van der Waals surface area contributed by atoms with Gasteiger partial charge in [0.25, 0.3) is 0 Å².